The van der Waals surface area contributed by atoms with Crippen LogP contribution in [0.25, 0.3) is 0 Å². The first kappa shape index (κ1) is 63.3. The van der Waals surface area contributed by atoms with E-state index in [9.17, 15) is 44.6 Å². The van der Waals surface area contributed by atoms with Crippen molar-refractivity contribution in [3.63, 3.8) is 0 Å². The number of unbranched alkanes of at least 4 members (excludes halogenated alkanes) is 19. The Balaban J connectivity index is 2.44. The summed E-state index contributed by atoms with van der Waals surface area (Å²) in [4.78, 5) is 35.8. The van der Waals surface area contributed by atoms with Gasteiger partial charge in [0.25, 0.3) is 0 Å². The molecule has 1 fully saturated rings. The lowest BCUT2D eigenvalue weighted by molar-refractivity contribution is -0.220. The Bertz CT molecular complexity index is 1460. The first-order valence-corrected chi connectivity index (χ1v) is 27.7. The van der Waals surface area contributed by atoms with Crippen LogP contribution in [0.1, 0.15) is 200 Å². The predicted molar refractivity (Wildman–Crippen MR) is 272 cm³/mol. The summed E-state index contributed by atoms with van der Waals surface area (Å²) in [6.45, 7) is 3.15. The molecule has 13 nitrogen and oxygen atoms in total. The normalized spacial score (nSPS) is 21.6. The molecule has 6 N–H and O–H groups in total. The third-order valence-electron chi connectivity index (χ3n) is 11.8. The summed E-state index contributed by atoms with van der Waals surface area (Å²) in [5.74, 6) is -1.19. The molecule has 68 heavy (non-hydrogen) atoms. The number of hydrogen-bond acceptors (Lipinski definition) is 12. The highest BCUT2D eigenvalue weighted by molar-refractivity contribution is 7.47. The number of rotatable bonds is 43. The van der Waals surface area contributed by atoms with Gasteiger partial charge >= 0.3 is 19.8 Å². The Hall–Kier alpha value is -2.71. The monoisotopic (exact) mass is 981 g/mol. The van der Waals surface area contributed by atoms with E-state index in [4.69, 9.17) is 18.5 Å². The zero-order valence-electron chi connectivity index (χ0n) is 41.9. The van der Waals surface area contributed by atoms with Crippen molar-refractivity contribution in [2.75, 3.05) is 13.2 Å². The van der Waals surface area contributed by atoms with Crippen LogP contribution in [0.4, 0.5) is 0 Å². The van der Waals surface area contributed by atoms with Crippen LogP contribution in [0.2, 0.25) is 0 Å². The summed E-state index contributed by atoms with van der Waals surface area (Å²) >= 11 is 0. The number of aliphatic hydroxyl groups excluding tert-OH is 5. The van der Waals surface area contributed by atoms with Crippen molar-refractivity contribution >= 4 is 19.8 Å². The maximum Gasteiger partial charge on any atom is 0.472 e. The van der Waals surface area contributed by atoms with Crippen LogP contribution in [0.5, 0.6) is 0 Å². The number of ether oxygens (including phenoxy) is 2. The maximum atomic E-state index is 12.9. The molecule has 0 radical (unpaired) electrons. The predicted octanol–water partition coefficient (Wildman–Crippen LogP) is 11.5. The molecular weight excluding hydrogens is 888 g/mol. The number of allylic oxidation sites excluding steroid dienone is 12. The van der Waals surface area contributed by atoms with Gasteiger partial charge in [-0.3, -0.25) is 18.6 Å². The topological polar surface area (TPSA) is 210 Å². The Kier molecular flexibility index (Phi) is 40.1. The molecule has 0 bridgehead atoms. The molecule has 0 amide bonds. The van der Waals surface area contributed by atoms with Crippen LogP contribution in [0, 0.1) is 0 Å². The van der Waals surface area contributed by atoms with E-state index in [1.807, 2.05) is 18.2 Å². The standard InChI is InChI=1S/C54H93O13P/c1-3-5-7-9-11-13-15-17-19-21-23-25-27-29-31-33-35-37-39-41-43-48(56)66-46(45-65-68(62,63)67-54-52(60)50(58)49(57)51(59)53(54)61)44-64-47(55)42-40-38-36-34-32-30-28-26-24-22-20-18-16-14-12-10-8-6-4-2/h6,8,12,14,18,20,24,26,30,32,36,38,46,49-54,57-61H,3-5,7,9-11,13,15-17,19,21-23,25,27-29,31,33-35,37,39-45H2,1-2H3,(H,62,63)/b8-6+,14-12+,20-18+,26-24+,32-30+,38-36+/t46-,49?,50+,51?,52?,53?,54?/m1/s1. The summed E-state index contributed by atoms with van der Waals surface area (Å²) in [5.41, 5.74) is 0. The van der Waals surface area contributed by atoms with Crippen LogP contribution in [-0.4, -0.2) is 98.3 Å². The van der Waals surface area contributed by atoms with Gasteiger partial charge < -0.3 is 39.9 Å². The van der Waals surface area contributed by atoms with Crippen LogP contribution in [0.3, 0.4) is 0 Å². The molecule has 1 aliphatic rings. The van der Waals surface area contributed by atoms with E-state index in [1.54, 1.807) is 0 Å². The minimum absolute atomic E-state index is 0.0403. The van der Waals surface area contributed by atoms with Gasteiger partial charge in [0, 0.05) is 12.8 Å². The van der Waals surface area contributed by atoms with Crippen LogP contribution in [-0.2, 0) is 32.7 Å². The Morgan fingerprint density at radius 1 is 0.471 bits per heavy atom. The number of aliphatic hydroxyl groups is 5. The van der Waals surface area contributed by atoms with E-state index in [2.05, 4.69) is 68.5 Å². The third kappa shape index (κ3) is 34.6. The van der Waals surface area contributed by atoms with Gasteiger partial charge in [-0.05, 0) is 51.4 Å². The molecule has 0 aliphatic heterocycles. The van der Waals surface area contributed by atoms with Crippen LogP contribution < -0.4 is 0 Å². The molecule has 0 heterocycles. The Labute approximate surface area is 410 Å². The van der Waals surface area contributed by atoms with Gasteiger partial charge in [-0.25, -0.2) is 4.57 Å². The van der Waals surface area contributed by atoms with Crippen molar-refractivity contribution < 1.29 is 63.1 Å². The highest BCUT2D eigenvalue weighted by atomic mass is 31.2. The van der Waals surface area contributed by atoms with Gasteiger partial charge in [-0.15, -0.1) is 0 Å². The lowest BCUT2D eigenvalue weighted by Gasteiger charge is -2.41. The molecular formula is C54H93O13P. The van der Waals surface area contributed by atoms with Crippen molar-refractivity contribution in [3.8, 4) is 0 Å². The number of hydrogen-bond donors (Lipinski definition) is 6. The third-order valence-corrected chi connectivity index (χ3v) is 12.8. The highest BCUT2D eigenvalue weighted by Crippen LogP contribution is 2.47. The fourth-order valence-electron chi connectivity index (χ4n) is 7.67. The second-order valence-corrected chi connectivity index (χ2v) is 19.4. The first-order chi connectivity index (χ1) is 32.9. The highest BCUT2D eigenvalue weighted by Gasteiger charge is 2.51. The zero-order chi connectivity index (χ0) is 49.9. The maximum absolute atomic E-state index is 12.9. The average molecular weight is 981 g/mol. The van der Waals surface area contributed by atoms with Gasteiger partial charge in [0.2, 0.25) is 0 Å². The average Bonchev–Trinajstić information content (AvgIpc) is 3.32. The lowest BCUT2D eigenvalue weighted by atomic mass is 9.85. The van der Waals surface area contributed by atoms with Gasteiger partial charge in [0.15, 0.2) is 6.10 Å². The first-order valence-electron chi connectivity index (χ1n) is 26.2. The number of esters is 2. The number of carbonyl (C=O) groups is 2. The summed E-state index contributed by atoms with van der Waals surface area (Å²) < 4.78 is 33.6. The van der Waals surface area contributed by atoms with Gasteiger partial charge in [0.1, 0.15) is 43.2 Å². The van der Waals surface area contributed by atoms with E-state index >= 15 is 0 Å². The molecule has 8 atom stereocenters. The van der Waals surface area contributed by atoms with Crippen molar-refractivity contribution in [2.24, 2.45) is 0 Å². The molecule has 14 heteroatoms. The fraction of sp³-hybridized carbons (Fsp3) is 0.741. The molecule has 0 aromatic rings. The fourth-order valence-corrected chi connectivity index (χ4v) is 8.64. The van der Waals surface area contributed by atoms with Crippen molar-refractivity contribution in [1.29, 1.82) is 0 Å². The van der Waals surface area contributed by atoms with Crippen molar-refractivity contribution in [1.82, 2.24) is 0 Å². The largest absolute Gasteiger partial charge is 0.472 e. The Morgan fingerprint density at radius 2 is 0.838 bits per heavy atom. The molecule has 0 saturated heterocycles. The van der Waals surface area contributed by atoms with E-state index in [-0.39, 0.29) is 12.8 Å². The molecule has 0 spiro atoms. The van der Waals surface area contributed by atoms with Crippen LogP contribution >= 0.6 is 7.82 Å². The molecule has 1 rings (SSSR count). The second-order valence-electron chi connectivity index (χ2n) is 18.0. The number of phosphoric ester groups is 1. The van der Waals surface area contributed by atoms with Gasteiger partial charge in [-0.2, -0.15) is 0 Å². The smallest absolute Gasteiger partial charge is 0.462 e. The lowest BCUT2D eigenvalue weighted by Crippen LogP contribution is -2.64. The zero-order valence-corrected chi connectivity index (χ0v) is 42.8. The quantitative estimate of drug-likeness (QED) is 0.0146. The molecule has 0 aromatic carbocycles. The summed E-state index contributed by atoms with van der Waals surface area (Å²) in [7, 11) is -5.14. The van der Waals surface area contributed by atoms with Gasteiger partial charge in [0.05, 0.1) is 6.61 Å². The van der Waals surface area contributed by atoms with Gasteiger partial charge in [-0.1, -0.05) is 209 Å². The molecule has 1 saturated carbocycles. The van der Waals surface area contributed by atoms with Crippen molar-refractivity contribution in [2.45, 2.75) is 243 Å². The van der Waals surface area contributed by atoms with E-state index in [1.165, 1.54) is 96.3 Å². The minimum atomic E-state index is -5.14. The molecule has 392 valence electrons. The van der Waals surface area contributed by atoms with Crippen molar-refractivity contribution in [3.05, 3.63) is 72.9 Å². The minimum Gasteiger partial charge on any atom is -0.462 e. The van der Waals surface area contributed by atoms with E-state index in [0.717, 1.165) is 57.8 Å². The van der Waals surface area contributed by atoms with E-state index < -0.39 is 75.7 Å². The number of carbonyl (C=O) groups excluding carboxylic acids is 2. The van der Waals surface area contributed by atoms with E-state index in [0.29, 0.717) is 19.3 Å². The molecule has 6 unspecified atom stereocenters. The second kappa shape index (κ2) is 43.1. The summed E-state index contributed by atoms with van der Waals surface area (Å²) in [6.07, 6.45) is 42.5. The number of phosphoric acid groups is 1. The Morgan fingerprint density at radius 3 is 1.25 bits per heavy atom. The molecule has 0 aromatic heterocycles. The SMILES string of the molecule is CC/C=C/C/C=C/C/C=C/C/C=C/C/C=C/C/C=C/CCC(=O)OC[C@H](COP(=O)(O)OC1C(O)C(O)C(O)[C@H](O)C1O)OC(=O)CCCCCCCCCCCCCCCCCCCCCC. The summed E-state index contributed by atoms with van der Waals surface area (Å²) in [6, 6.07) is 0. The summed E-state index contributed by atoms with van der Waals surface area (Å²) in [5, 5.41) is 50.3. The van der Waals surface area contributed by atoms with Crippen LogP contribution in [0.15, 0.2) is 72.9 Å². The molecule has 1 aliphatic carbocycles.